The van der Waals surface area contributed by atoms with Crippen LogP contribution >= 0.6 is 0 Å². The zero-order chi connectivity index (χ0) is 14.1. The van der Waals surface area contributed by atoms with E-state index in [9.17, 15) is 5.11 Å². The van der Waals surface area contributed by atoms with Crippen LogP contribution in [0.2, 0.25) is 0 Å². The third-order valence-electron chi connectivity index (χ3n) is 5.24. The fraction of sp³-hybridized carbons (Fsp3) is 0.647. The Morgan fingerprint density at radius 3 is 2.80 bits per heavy atom. The van der Waals surface area contributed by atoms with Crippen LogP contribution in [0.1, 0.15) is 50.6 Å². The van der Waals surface area contributed by atoms with Crippen molar-refractivity contribution in [1.29, 1.82) is 0 Å². The minimum atomic E-state index is 0.185. The molecule has 3 nitrogen and oxygen atoms in total. The number of phenolic OH excluding ortho intramolecular Hbond substituents is 1. The van der Waals surface area contributed by atoms with Gasteiger partial charge in [0.15, 0.2) is 0 Å². The van der Waals surface area contributed by atoms with Gasteiger partial charge in [0.2, 0.25) is 0 Å². The first-order valence-electron chi connectivity index (χ1n) is 7.97. The van der Waals surface area contributed by atoms with Gasteiger partial charge in [-0.15, -0.1) is 0 Å². The highest BCUT2D eigenvalue weighted by Crippen LogP contribution is 2.40. The van der Waals surface area contributed by atoms with Gasteiger partial charge < -0.3 is 15.3 Å². The first-order valence-corrected chi connectivity index (χ1v) is 7.97. The third kappa shape index (κ3) is 2.39. The van der Waals surface area contributed by atoms with Crippen LogP contribution in [0.25, 0.3) is 0 Å². The van der Waals surface area contributed by atoms with E-state index in [4.69, 9.17) is 0 Å². The number of nitrogens with zero attached hydrogens (tertiary/aromatic N) is 1. The molecule has 0 radical (unpaired) electrons. The molecule has 110 valence electrons. The summed E-state index contributed by atoms with van der Waals surface area (Å²) in [6.45, 7) is 3.21. The number of phenols is 1. The molecule has 1 heterocycles. The Morgan fingerprint density at radius 2 is 2.05 bits per heavy atom. The Labute approximate surface area is 122 Å². The first kappa shape index (κ1) is 13.7. The van der Waals surface area contributed by atoms with Crippen molar-refractivity contribution in [2.24, 2.45) is 5.92 Å². The molecular weight excluding hydrogens is 248 g/mol. The van der Waals surface area contributed by atoms with Crippen molar-refractivity contribution in [2.75, 3.05) is 18.5 Å². The van der Waals surface area contributed by atoms with Crippen molar-refractivity contribution in [1.82, 2.24) is 5.32 Å². The van der Waals surface area contributed by atoms with Gasteiger partial charge in [-0.2, -0.15) is 0 Å². The van der Waals surface area contributed by atoms with Crippen LogP contribution in [0, 0.1) is 5.92 Å². The number of rotatable bonds is 3. The van der Waals surface area contributed by atoms with E-state index in [2.05, 4.69) is 29.3 Å². The van der Waals surface area contributed by atoms with E-state index in [1.54, 1.807) is 0 Å². The van der Waals surface area contributed by atoms with Crippen LogP contribution in [0.4, 0.5) is 5.69 Å². The molecule has 0 bridgehead atoms. The standard InChI is InChI=1S/C17H26N2O/c1-12(18-2)15-9-8-14(11-17(15)20)19-10-4-6-13-5-3-7-16(13)19/h8-9,11-13,16,18,20H,3-7,10H2,1-2H3. The van der Waals surface area contributed by atoms with Crippen molar-refractivity contribution in [3.8, 4) is 5.75 Å². The zero-order valence-corrected chi connectivity index (χ0v) is 12.6. The minimum absolute atomic E-state index is 0.185. The molecule has 2 N–H and O–H groups in total. The first-order chi connectivity index (χ1) is 9.70. The number of fused-ring (bicyclic) bond motifs is 1. The van der Waals surface area contributed by atoms with Crippen molar-refractivity contribution in [2.45, 2.75) is 51.1 Å². The maximum absolute atomic E-state index is 10.3. The highest BCUT2D eigenvalue weighted by molar-refractivity contribution is 5.55. The third-order valence-corrected chi connectivity index (χ3v) is 5.24. The highest BCUT2D eigenvalue weighted by Gasteiger charge is 2.35. The van der Waals surface area contributed by atoms with Crippen LogP contribution in [0.5, 0.6) is 5.75 Å². The number of hydrogen-bond donors (Lipinski definition) is 2. The lowest BCUT2D eigenvalue weighted by atomic mass is 9.91. The second-order valence-electron chi connectivity index (χ2n) is 6.35. The summed E-state index contributed by atoms with van der Waals surface area (Å²) in [4.78, 5) is 2.54. The largest absolute Gasteiger partial charge is 0.508 e. The maximum atomic E-state index is 10.3. The number of anilines is 1. The van der Waals surface area contributed by atoms with Gasteiger partial charge >= 0.3 is 0 Å². The van der Waals surface area contributed by atoms with Crippen molar-refractivity contribution >= 4 is 5.69 Å². The summed E-state index contributed by atoms with van der Waals surface area (Å²) in [5, 5.41) is 13.5. The Bertz CT molecular complexity index is 474. The van der Waals surface area contributed by atoms with Crippen LogP contribution in [0.15, 0.2) is 18.2 Å². The maximum Gasteiger partial charge on any atom is 0.122 e. The Kier molecular flexibility index (Phi) is 3.88. The molecule has 0 spiro atoms. The van der Waals surface area contributed by atoms with Crippen molar-refractivity contribution < 1.29 is 5.11 Å². The van der Waals surface area contributed by atoms with E-state index < -0.39 is 0 Å². The van der Waals surface area contributed by atoms with Crippen molar-refractivity contribution in [3.63, 3.8) is 0 Å². The normalized spacial score (nSPS) is 27.4. The van der Waals surface area contributed by atoms with Gasteiger partial charge in [-0.05, 0) is 51.6 Å². The van der Waals surface area contributed by atoms with E-state index in [1.807, 2.05) is 13.1 Å². The monoisotopic (exact) mass is 274 g/mol. The molecule has 3 heteroatoms. The summed E-state index contributed by atoms with van der Waals surface area (Å²) in [5.41, 5.74) is 2.18. The smallest absolute Gasteiger partial charge is 0.122 e. The molecule has 2 fully saturated rings. The van der Waals surface area contributed by atoms with Crippen LogP contribution in [-0.4, -0.2) is 24.7 Å². The van der Waals surface area contributed by atoms with Crippen LogP contribution < -0.4 is 10.2 Å². The summed E-state index contributed by atoms with van der Waals surface area (Å²) in [6.07, 6.45) is 6.76. The fourth-order valence-corrected chi connectivity index (χ4v) is 4.01. The number of aromatic hydroxyl groups is 1. The lowest BCUT2D eigenvalue weighted by Crippen LogP contribution is -2.42. The van der Waals surface area contributed by atoms with E-state index >= 15 is 0 Å². The molecule has 20 heavy (non-hydrogen) atoms. The molecule has 1 aromatic carbocycles. The van der Waals surface area contributed by atoms with E-state index in [1.165, 1.54) is 37.8 Å². The lowest BCUT2D eigenvalue weighted by Gasteiger charge is -2.39. The molecule has 0 amide bonds. The van der Waals surface area contributed by atoms with Crippen LogP contribution in [-0.2, 0) is 0 Å². The topological polar surface area (TPSA) is 35.5 Å². The Hall–Kier alpha value is -1.22. The number of nitrogens with one attached hydrogen (secondary N) is 1. The Morgan fingerprint density at radius 1 is 1.25 bits per heavy atom. The number of benzene rings is 1. The van der Waals surface area contributed by atoms with Gasteiger partial charge in [-0.1, -0.05) is 12.5 Å². The predicted molar refractivity (Wildman–Crippen MR) is 83.3 cm³/mol. The van der Waals surface area contributed by atoms with Gasteiger partial charge in [0.25, 0.3) is 0 Å². The fourth-order valence-electron chi connectivity index (χ4n) is 4.01. The molecule has 1 saturated heterocycles. The van der Waals surface area contributed by atoms with Crippen LogP contribution in [0.3, 0.4) is 0 Å². The summed E-state index contributed by atoms with van der Waals surface area (Å²) in [5.74, 6) is 1.30. The molecule has 0 aromatic heterocycles. The number of piperidine rings is 1. The van der Waals surface area contributed by atoms with Gasteiger partial charge in [0.05, 0.1) is 0 Å². The van der Waals surface area contributed by atoms with Crippen molar-refractivity contribution in [3.05, 3.63) is 23.8 Å². The number of hydrogen-bond acceptors (Lipinski definition) is 3. The molecule has 3 rings (SSSR count). The summed E-state index contributed by atoms with van der Waals surface area (Å²) < 4.78 is 0. The molecule has 2 aliphatic rings. The predicted octanol–water partition coefficient (Wildman–Crippen LogP) is 3.44. The second-order valence-corrected chi connectivity index (χ2v) is 6.35. The molecule has 3 atom stereocenters. The molecule has 1 aliphatic carbocycles. The van der Waals surface area contributed by atoms with Gasteiger partial charge in [-0.3, -0.25) is 0 Å². The van der Waals surface area contributed by atoms with Gasteiger partial charge in [0, 0.05) is 35.9 Å². The van der Waals surface area contributed by atoms with Gasteiger partial charge in [-0.25, -0.2) is 0 Å². The second kappa shape index (κ2) is 5.65. The zero-order valence-electron chi connectivity index (χ0n) is 12.6. The molecule has 1 aliphatic heterocycles. The van der Waals surface area contributed by atoms with E-state index in [0.29, 0.717) is 11.8 Å². The Balaban J connectivity index is 1.85. The summed E-state index contributed by atoms with van der Waals surface area (Å²) >= 11 is 0. The van der Waals surface area contributed by atoms with Gasteiger partial charge in [0.1, 0.15) is 5.75 Å². The molecule has 1 aromatic rings. The SMILES string of the molecule is CNC(C)c1ccc(N2CCCC3CCCC32)cc1O. The quantitative estimate of drug-likeness (QED) is 0.886. The summed E-state index contributed by atoms with van der Waals surface area (Å²) in [6, 6.07) is 7.11. The average Bonchev–Trinajstić information content (AvgIpc) is 2.94. The molecule has 3 unspecified atom stereocenters. The van der Waals surface area contributed by atoms with E-state index in [-0.39, 0.29) is 6.04 Å². The molecule has 1 saturated carbocycles. The van der Waals surface area contributed by atoms with E-state index in [0.717, 1.165) is 18.0 Å². The molecular formula is C17H26N2O. The summed E-state index contributed by atoms with van der Waals surface area (Å²) in [7, 11) is 1.92. The average molecular weight is 274 g/mol. The minimum Gasteiger partial charge on any atom is -0.508 e. The highest BCUT2D eigenvalue weighted by atomic mass is 16.3. The lowest BCUT2D eigenvalue weighted by molar-refractivity contribution is 0.362.